The Balaban J connectivity index is 1.63. The van der Waals surface area contributed by atoms with E-state index in [0.29, 0.717) is 12.1 Å². The minimum absolute atomic E-state index is 0.0676. The predicted molar refractivity (Wildman–Crippen MR) is 111 cm³/mol. The smallest absolute Gasteiger partial charge is 0.247 e. The maximum atomic E-state index is 13.4. The highest BCUT2D eigenvalue weighted by Gasteiger charge is 2.48. The molecule has 7 nitrogen and oxygen atoms in total. The first kappa shape index (κ1) is 21.3. The predicted octanol–water partition coefficient (Wildman–Crippen LogP) is 2.93. The second kappa shape index (κ2) is 8.30. The molecule has 0 radical (unpaired) electrons. The summed E-state index contributed by atoms with van der Waals surface area (Å²) in [6, 6.07) is 4.86. The number of hydrogen-bond acceptors (Lipinski definition) is 5. The zero-order chi connectivity index (χ0) is 21.5. The minimum Gasteiger partial charge on any atom is -0.495 e. The first-order chi connectivity index (χ1) is 14.3. The topological polar surface area (TPSA) is 84.0 Å². The van der Waals surface area contributed by atoms with E-state index in [4.69, 9.17) is 4.74 Å². The van der Waals surface area contributed by atoms with E-state index in [0.717, 1.165) is 44.9 Å². The van der Waals surface area contributed by atoms with Crippen molar-refractivity contribution >= 4 is 21.8 Å². The van der Waals surface area contributed by atoms with Crippen LogP contribution in [0.2, 0.25) is 0 Å². The average Bonchev–Trinajstić information content (AvgIpc) is 2.99. The first-order valence-electron chi connectivity index (χ1n) is 10.9. The third-order valence-corrected chi connectivity index (χ3v) is 8.86. The van der Waals surface area contributed by atoms with Gasteiger partial charge in [-0.3, -0.25) is 14.5 Å². The molecule has 2 amide bonds. The van der Waals surface area contributed by atoms with E-state index in [-0.39, 0.29) is 46.9 Å². The lowest BCUT2D eigenvalue weighted by Gasteiger charge is -2.32. The van der Waals surface area contributed by atoms with E-state index < -0.39 is 10.0 Å². The van der Waals surface area contributed by atoms with Crippen molar-refractivity contribution in [1.29, 1.82) is 0 Å². The number of piperidine rings is 1. The maximum absolute atomic E-state index is 13.4. The zero-order valence-corrected chi connectivity index (χ0v) is 18.5. The van der Waals surface area contributed by atoms with Crippen molar-refractivity contribution in [1.82, 2.24) is 9.21 Å². The molecule has 8 heteroatoms. The molecule has 3 atom stereocenters. The minimum atomic E-state index is -3.74. The number of benzene rings is 1. The second-order valence-corrected chi connectivity index (χ2v) is 10.6. The van der Waals surface area contributed by atoms with Crippen molar-refractivity contribution in [2.24, 2.45) is 11.8 Å². The second-order valence-electron chi connectivity index (χ2n) is 8.71. The van der Waals surface area contributed by atoms with Crippen LogP contribution in [-0.4, -0.2) is 49.1 Å². The van der Waals surface area contributed by atoms with Crippen LogP contribution < -0.4 is 4.74 Å². The van der Waals surface area contributed by atoms with Crippen molar-refractivity contribution in [2.45, 2.75) is 69.4 Å². The van der Waals surface area contributed by atoms with Crippen LogP contribution in [0.5, 0.6) is 5.75 Å². The number of nitrogens with zero attached hydrogens (tertiary/aromatic N) is 2. The number of rotatable bonds is 5. The Hall–Kier alpha value is -1.93. The molecule has 0 unspecified atom stereocenters. The molecule has 1 saturated carbocycles. The molecule has 3 aliphatic rings. The molecule has 2 heterocycles. The van der Waals surface area contributed by atoms with E-state index in [1.807, 2.05) is 6.92 Å². The number of imide groups is 1. The van der Waals surface area contributed by atoms with Crippen LogP contribution >= 0.6 is 0 Å². The van der Waals surface area contributed by atoms with E-state index in [9.17, 15) is 18.0 Å². The molecule has 0 spiro atoms. The van der Waals surface area contributed by atoms with Crippen LogP contribution in [0.4, 0.5) is 0 Å². The largest absolute Gasteiger partial charge is 0.495 e. The molecule has 2 aliphatic heterocycles. The highest BCUT2D eigenvalue weighted by molar-refractivity contribution is 7.89. The molecular formula is C22H30N2O5S. The molecule has 1 aromatic rings. The van der Waals surface area contributed by atoms with Gasteiger partial charge in [-0.15, -0.1) is 0 Å². The SMILES string of the molecule is COc1ccc(CN2C(=O)[C@@H]3CCCC[C@H]3C2=O)cc1S(=O)(=O)N1CCCC[C@@H]1C. The number of carbonyl (C=O) groups is 2. The summed E-state index contributed by atoms with van der Waals surface area (Å²) in [5.74, 6) is -0.364. The van der Waals surface area contributed by atoms with Gasteiger partial charge >= 0.3 is 0 Å². The average molecular weight is 435 g/mol. The highest BCUT2D eigenvalue weighted by Crippen LogP contribution is 2.39. The molecule has 0 N–H and O–H groups in total. The monoisotopic (exact) mass is 434 g/mol. The fourth-order valence-electron chi connectivity index (χ4n) is 5.15. The molecule has 30 heavy (non-hydrogen) atoms. The molecule has 1 aromatic carbocycles. The van der Waals surface area contributed by atoms with Crippen LogP contribution in [0.1, 0.15) is 57.4 Å². The van der Waals surface area contributed by atoms with Crippen LogP contribution in [0.15, 0.2) is 23.1 Å². The van der Waals surface area contributed by atoms with Crippen LogP contribution in [0.25, 0.3) is 0 Å². The van der Waals surface area contributed by atoms with Gasteiger partial charge in [0, 0.05) is 12.6 Å². The third-order valence-electron chi connectivity index (χ3n) is 6.83. The van der Waals surface area contributed by atoms with Crippen LogP contribution in [0, 0.1) is 11.8 Å². The quantitative estimate of drug-likeness (QED) is 0.666. The summed E-state index contributed by atoms with van der Waals surface area (Å²) in [5, 5.41) is 0. The van der Waals surface area contributed by atoms with E-state index >= 15 is 0 Å². The molecule has 4 rings (SSSR count). The Kier molecular flexibility index (Phi) is 5.90. The number of sulfonamides is 1. The van der Waals surface area contributed by atoms with Gasteiger partial charge in [0.05, 0.1) is 25.5 Å². The summed E-state index contributed by atoms with van der Waals surface area (Å²) in [4.78, 5) is 27.0. The fraction of sp³-hybridized carbons (Fsp3) is 0.636. The van der Waals surface area contributed by atoms with E-state index in [1.54, 1.807) is 22.5 Å². The van der Waals surface area contributed by atoms with Gasteiger partial charge in [-0.2, -0.15) is 4.31 Å². The van der Waals surface area contributed by atoms with Gasteiger partial charge < -0.3 is 4.74 Å². The Labute approximate surface area is 178 Å². The first-order valence-corrected chi connectivity index (χ1v) is 12.3. The van der Waals surface area contributed by atoms with Gasteiger partial charge in [0.2, 0.25) is 21.8 Å². The highest BCUT2D eigenvalue weighted by atomic mass is 32.2. The number of fused-ring (bicyclic) bond motifs is 1. The van der Waals surface area contributed by atoms with Crippen LogP contribution in [0.3, 0.4) is 0 Å². The normalized spacial score (nSPS) is 27.9. The van der Waals surface area contributed by atoms with Gasteiger partial charge in [0.15, 0.2) is 0 Å². The molecule has 0 aromatic heterocycles. The summed E-state index contributed by atoms with van der Waals surface area (Å²) in [5.41, 5.74) is 0.624. The van der Waals surface area contributed by atoms with Crippen molar-refractivity contribution in [3.8, 4) is 5.75 Å². The lowest BCUT2D eigenvalue weighted by molar-refractivity contribution is -0.140. The summed E-state index contributed by atoms with van der Waals surface area (Å²) in [6.07, 6.45) is 6.18. The van der Waals surface area contributed by atoms with Gasteiger partial charge in [-0.1, -0.05) is 25.3 Å². The van der Waals surface area contributed by atoms with E-state index in [2.05, 4.69) is 0 Å². The summed E-state index contributed by atoms with van der Waals surface area (Å²) >= 11 is 0. The zero-order valence-electron chi connectivity index (χ0n) is 17.7. The molecular weight excluding hydrogens is 404 g/mol. The van der Waals surface area contributed by atoms with Crippen molar-refractivity contribution in [2.75, 3.05) is 13.7 Å². The van der Waals surface area contributed by atoms with Gasteiger partial charge in [0.1, 0.15) is 10.6 Å². The maximum Gasteiger partial charge on any atom is 0.247 e. The molecule has 164 valence electrons. The summed E-state index contributed by atoms with van der Waals surface area (Å²) < 4.78 is 33.7. The number of hydrogen-bond donors (Lipinski definition) is 0. The van der Waals surface area contributed by atoms with E-state index in [1.165, 1.54) is 12.0 Å². The van der Waals surface area contributed by atoms with Crippen molar-refractivity contribution in [3.63, 3.8) is 0 Å². The lowest BCUT2D eigenvalue weighted by atomic mass is 9.81. The molecule has 2 saturated heterocycles. The fourth-order valence-corrected chi connectivity index (χ4v) is 7.05. The standard InChI is InChI=1S/C22H30N2O5S/c1-15-7-5-6-12-24(15)30(27,28)20-13-16(10-11-19(20)29-2)14-23-21(25)17-8-3-4-9-18(17)22(23)26/h10-11,13,15,17-18H,3-9,12,14H2,1-2H3/t15-,17+,18+/m0/s1. The van der Waals surface area contributed by atoms with Gasteiger partial charge in [0.25, 0.3) is 0 Å². The van der Waals surface area contributed by atoms with Gasteiger partial charge in [-0.05, 0) is 50.3 Å². The van der Waals surface area contributed by atoms with Crippen molar-refractivity contribution < 1.29 is 22.7 Å². The van der Waals surface area contributed by atoms with Crippen LogP contribution in [-0.2, 0) is 26.2 Å². The number of ether oxygens (including phenoxy) is 1. The summed E-state index contributed by atoms with van der Waals surface area (Å²) in [7, 11) is -2.29. The summed E-state index contributed by atoms with van der Waals surface area (Å²) in [6.45, 7) is 2.52. The molecule has 0 bridgehead atoms. The van der Waals surface area contributed by atoms with Crippen molar-refractivity contribution in [3.05, 3.63) is 23.8 Å². The Bertz CT molecular complexity index is 921. The number of carbonyl (C=O) groups excluding carboxylic acids is 2. The Morgan fingerprint density at radius 3 is 2.23 bits per heavy atom. The molecule has 1 aliphatic carbocycles. The Morgan fingerprint density at radius 2 is 1.63 bits per heavy atom. The number of likely N-dealkylation sites (tertiary alicyclic amines) is 1. The third kappa shape index (κ3) is 3.64. The number of methoxy groups -OCH3 is 1. The lowest BCUT2D eigenvalue weighted by Crippen LogP contribution is -2.42. The van der Waals surface area contributed by atoms with Gasteiger partial charge in [-0.25, -0.2) is 8.42 Å². The number of amides is 2. The molecule has 3 fully saturated rings. The Morgan fingerprint density at radius 1 is 1.00 bits per heavy atom.